The summed E-state index contributed by atoms with van der Waals surface area (Å²) in [5.74, 6) is -0.384. The molecule has 0 saturated heterocycles. The van der Waals surface area contributed by atoms with Gasteiger partial charge in [-0.15, -0.1) is 0 Å². The molecule has 60 valence electrons. The molecule has 0 unspecified atom stereocenters. The molecule has 0 spiro atoms. The minimum absolute atomic E-state index is 0. The van der Waals surface area contributed by atoms with Gasteiger partial charge in [0.15, 0.2) is 6.29 Å². The molecule has 3 nitrogen and oxygen atoms in total. The minimum atomic E-state index is -0.384. The quantitative estimate of drug-likeness (QED) is 0.558. The Morgan fingerprint density at radius 1 is 1.55 bits per heavy atom. The van der Waals surface area contributed by atoms with Crippen molar-refractivity contribution in [2.24, 2.45) is 0 Å². The molecule has 0 amide bonds. The number of nitrogens with zero attached hydrogens (tertiary/aromatic N) is 1. The van der Waals surface area contributed by atoms with Crippen molar-refractivity contribution in [2.45, 2.75) is 6.92 Å². The number of carbonyl (C=O) groups is 1. The number of pyridine rings is 1. The average Bonchev–Trinajstić information content (AvgIpc) is 1.95. The van der Waals surface area contributed by atoms with Crippen LogP contribution in [0.4, 0.5) is 4.39 Å². The lowest BCUT2D eigenvalue weighted by Crippen LogP contribution is -1.92. The molecule has 0 atom stereocenters. The van der Waals surface area contributed by atoms with Gasteiger partial charge >= 0.3 is 0 Å². The lowest BCUT2D eigenvalue weighted by Gasteiger charge is -1.93. The van der Waals surface area contributed by atoms with E-state index in [0.717, 1.165) is 0 Å². The summed E-state index contributed by atoms with van der Waals surface area (Å²) >= 11 is 0. The molecular formula is C7H8FNO2. The van der Waals surface area contributed by atoms with Crippen LogP contribution in [0, 0.1) is 12.7 Å². The van der Waals surface area contributed by atoms with Gasteiger partial charge in [0, 0.05) is 0 Å². The zero-order valence-electron chi connectivity index (χ0n) is 5.97. The number of rotatable bonds is 1. The zero-order chi connectivity index (χ0) is 7.56. The highest BCUT2D eigenvalue weighted by molar-refractivity contribution is 5.71. The summed E-state index contributed by atoms with van der Waals surface area (Å²) in [7, 11) is 0. The van der Waals surface area contributed by atoms with E-state index in [4.69, 9.17) is 0 Å². The lowest BCUT2D eigenvalue weighted by atomic mass is 10.3. The Kier molecular flexibility index (Phi) is 3.33. The number of carbonyl (C=O) groups excluding carboxylic acids is 1. The summed E-state index contributed by atoms with van der Waals surface area (Å²) < 4.78 is 12.5. The summed E-state index contributed by atoms with van der Waals surface area (Å²) in [6.07, 6.45) is 0.590. The molecule has 0 radical (unpaired) electrons. The van der Waals surface area contributed by atoms with Crippen molar-refractivity contribution in [3.05, 3.63) is 29.3 Å². The summed E-state index contributed by atoms with van der Waals surface area (Å²) in [6, 6.07) is 2.57. The van der Waals surface area contributed by atoms with Gasteiger partial charge in [-0.2, -0.15) is 0 Å². The second kappa shape index (κ2) is 3.78. The van der Waals surface area contributed by atoms with Gasteiger partial charge in [0.05, 0.1) is 5.69 Å². The Bertz CT molecular complexity index is 263. The van der Waals surface area contributed by atoms with Gasteiger partial charge < -0.3 is 5.48 Å². The van der Waals surface area contributed by atoms with E-state index in [1.165, 1.54) is 19.1 Å². The monoisotopic (exact) mass is 157 g/mol. The number of aldehydes is 1. The molecule has 11 heavy (non-hydrogen) atoms. The third-order valence-electron chi connectivity index (χ3n) is 1.16. The van der Waals surface area contributed by atoms with Crippen LogP contribution in [0.3, 0.4) is 0 Å². The Labute approximate surface area is 63.2 Å². The maximum absolute atomic E-state index is 12.5. The molecule has 4 heteroatoms. The molecule has 0 fully saturated rings. The second-order valence-corrected chi connectivity index (χ2v) is 1.92. The standard InChI is InChI=1S/C7H6FNO.H2O/c1-5-7(8)3-2-6(4-10)9-5;/h2-4H,1H3;1H2. The van der Waals surface area contributed by atoms with Crippen LogP contribution in [-0.2, 0) is 0 Å². The first-order valence-electron chi connectivity index (χ1n) is 2.82. The highest BCUT2D eigenvalue weighted by Crippen LogP contribution is 2.01. The number of aromatic nitrogens is 1. The van der Waals surface area contributed by atoms with Crippen molar-refractivity contribution in [3.63, 3.8) is 0 Å². The van der Waals surface area contributed by atoms with E-state index >= 15 is 0 Å². The fraction of sp³-hybridized carbons (Fsp3) is 0.143. The van der Waals surface area contributed by atoms with E-state index in [-0.39, 0.29) is 22.7 Å². The molecule has 0 aliphatic carbocycles. The summed E-state index contributed by atoms with van der Waals surface area (Å²) in [5.41, 5.74) is 0.517. The van der Waals surface area contributed by atoms with E-state index in [2.05, 4.69) is 4.98 Å². The smallest absolute Gasteiger partial charge is 0.168 e. The fourth-order valence-corrected chi connectivity index (χ4v) is 0.629. The van der Waals surface area contributed by atoms with Crippen LogP contribution in [0.1, 0.15) is 16.2 Å². The molecule has 1 heterocycles. The van der Waals surface area contributed by atoms with Gasteiger partial charge in [0.2, 0.25) is 0 Å². The number of aryl methyl sites for hydroxylation is 1. The SMILES string of the molecule is Cc1nc(C=O)ccc1F.O. The molecule has 1 aromatic rings. The van der Waals surface area contributed by atoms with E-state index in [1.54, 1.807) is 0 Å². The van der Waals surface area contributed by atoms with Crippen molar-refractivity contribution in [3.8, 4) is 0 Å². The molecule has 0 aliphatic rings. The van der Waals surface area contributed by atoms with Crippen molar-refractivity contribution >= 4 is 6.29 Å². The Morgan fingerprint density at radius 3 is 2.64 bits per heavy atom. The molecule has 1 rings (SSSR count). The summed E-state index contributed by atoms with van der Waals surface area (Å²) in [4.78, 5) is 13.7. The lowest BCUT2D eigenvalue weighted by molar-refractivity contribution is 0.111. The maximum atomic E-state index is 12.5. The van der Waals surface area contributed by atoms with Crippen LogP contribution in [0.2, 0.25) is 0 Å². The molecule has 0 aliphatic heterocycles. The molecule has 1 aromatic heterocycles. The molecule has 0 bridgehead atoms. The van der Waals surface area contributed by atoms with Crippen LogP contribution >= 0.6 is 0 Å². The van der Waals surface area contributed by atoms with Crippen molar-refractivity contribution in [1.29, 1.82) is 0 Å². The maximum Gasteiger partial charge on any atom is 0.168 e. The Hall–Kier alpha value is -1.29. The van der Waals surface area contributed by atoms with E-state index < -0.39 is 0 Å². The predicted octanol–water partition coefficient (Wildman–Crippen LogP) is 0.517. The molecule has 0 aromatic carbocycles. The van der Waals surface area contributed by atoms with Crippen LogP contribution in [0.25, 0.3) is 0 Å². The number of hydrogen-bond acceptors (Lipinski definition) is 2. The topological polar surface area (TPSA) is 61.5 Å². The minimum Gasteiger partial charge on any atom is -0.412 e. The van der Waals surface area contributed by atoms with Crippen LogP contribution in [0.15, 0.2) is 12.1 Å². The number of hydrogen-bond donors (Lipinski definition) is 0. The van der Waals surface area contributed by atoms with Crippen LogP contribution < -0.4 is 0 Å². The normalized spacial score (nSPS) is 8.55. The van der Waals surface area contributed by atoms with E-state index in [0.29, 0.717) is 6.29 Å². The molecule has 0 saturated carbocycles. The molecular weight excluding hydrogens is 149 g/mol. The van der Waals surface area contributed by atoms with Gasteiger partial charge in [-0.05, 0) is 19.1 Å². The van der Waals surface area contributed by atoms with Gasteiger partial charge in [-0.3, -0.25) is 4.79 Å². The van der Waals surface area contributed by atoms with Gasteiger partial charge in [0.25, 0.3) is 0 Å². The van der Waals surface area contributed by atoms with Crippen molar-refractivity contribution in [1.82, 2.24) is 4.98 Å². The zero-order valence-corrected chi connectivity index (χ0v) is 5.97. The van der Waals surface area contributed by atoms with Crippen LogP contribution in [-0.4, -0.2) is 16.7 Å². The van der Waals surface area contributed by atoms with Gasteiger partial charge in [-0.1, -0.05) is 0 Å². The Balaban J connectivity index is 0.000001000. The highest BCUT2D eigenvalue weighted by Gasteiger charge is 1.97. The predicted molar refractivity (Wildman–Crippen MR) is 37.9 cm³/mol. The fourth-order valence-electron chi connectivity index (χ4n) is 0.629. The average molecular weight is 157 g/mol. The second-order valence-electron chi connectivity index (χ2n) is 1.92. The first kappa shape index (κ1) is 9.71. The largest absolute Gasteiger partial charge is 0.412 e. The summed E-state index contributed by atoms with van der Waals surface area (Å²) in [6.45, 7) is 1.52. The third-order valence-corrected chi connectivity index (χ3v) is 1.16. The molecule has 2 N–H and O–H groups in total. The van der Waals surface area contributed by atoms with E-state index in [9.17, 15) is 9.18 Å². The number of halogens is 1. The van der Waals surface area contributed by atoms with Gasteiger partial charge in [-0.25, -0.2) is 9.37 Å². The van der Waals surface area contributed by atoms with Crippen molar-refractivity contribution in [2.75, 3.05) is 0 Å². The van der Waals surface area contributed by atoms with E-state index in [1.807, 2.05) is 0 Å². The van der Waals surface area contributed by atoms with Gasteiger partial charge in [0.1, 0.15) is 11.5 Å². The van der Waals surface area contributed by atoms with Crippen molar-refractivity contribution < 1.29 is 14.7 Å². The summed E-state index contributed by atoms with van der Waals surface area (Å²) in [5, 5.41) is 0. The first-order valence-corrected chi connectivity index (χ1v) is 2.82. The highest BCUT2D eigenvalue weighted by atomic mass is 19.1. The Morgan fingerprint density at radius 2 is 2.18 bits per heavy atom. The van der Waals surface area contributed by atoms with Crippen LogP contribution in [0.5, 0.6) is 0 Å². The first-order chi connectivity index (χ1) is 4.74. The third kappa shape index (κ3) is 2.09.